The van der Waals surface area contributed by atoms with Gasteiger partial charge < -0.3 is 24.7 Å². The van der Waals surface area contributed by atoms with Crippen molar-refractivity contribution in [3.05, 3.63) is 23.8 Å². The molecule has 3 rings (SSSR count). The first-order chi connectivity index (χ1) is 11.6. The van der Waals surface area contributed by atoms with Gasteiger partial charge in [0.05, 0.1) is 12.5 Å². The van der Waals surface area contributed by atoms with E-state index in [9.17, 15) is 4.79 Å². The van der Waals surface area contributed by atoms with Crippen molar-refractivity contribution in [3.63, 3.8) is 0 Å². The summed E-state index contributed by atoms with van der Waals surface area (Å²) in [6.45, 7) is 5.10. The van der Waals surface area contributed by atoms with Crippen LogP contribution in [0.3, 0.4) is 0 Å². The average molecular weight is 332 g/mol. The van der Waals surface area contributed by atoms with E-state index >= 15 is 0 Å². The zero-order valence-corrected chi connectivity index (χ0v) is 14.2. The van der Waals surface area contributed by atoms with Crippen molar-refractivity contribution >= 4 is 23.0 Å². The Morgan fingerprint density at radius 3 is 2.79 bits per heavy atom. The summed E-state index contributed by atoms with van der Waals surface area (Å²) >= 11 is 0. The number of aromatic nitrogens is 1. The number of benzene rings is 1. The molecule has 1 aliphatic heterocycles. The molecule has 2 heterocycles. The lowest BCUT2D eigenvalue weighted by Gasteiger charge is -2.34. The molecule has 0 aliphatic carbocycles. The van der Waals surface area contributed by atoms with Crippen molar-refractivity contribution in [2.45, 2.75) is 19.4 Å². The number of hydrogen-bond donors (Lipinski definition) is 1. The van der Waals surface area contributed by atoms with E-state index in [4.69, 9.17) is 14.9 Å². The molecule has 1 aromatic heterocycles. The zero-order chi connectivity index (χ0) is 17.1. The summed E-state index contributed by atoms with van der Waals surface area (Å²) in [5, 5.41) is 0. The number of nitrogens with zero attached hydrogens (tertiary/aromatic N) is 3. The van der Waals surface area contributed by atoms with Crippen molar-refractivity contribution in [2.75, 3.05) is 44.7 Å². The number of nitrogens with two attached hydrogens (primary N) is 1. The SMILES string of the molecule is COC(CN)CC(=O)N1CCN(c2nc3cc(C)ccc3o2)CC1. The van der Waals surface area contributed by atoms with E-state index in [0.717, 1.165) is 16.7 Å². The molecule has 7 nitrogen and oxygen atoms in total. The number of hydrogen-bond acceptors (Lipinski definition) is 6. The quantitative estimate of drug-likeness (QED) is 0.884. The maximum atomic E-state index is 12.3. The predicted octanol–water partition coefficient (Wildman–Crippen LogP) is 1.15. The van der Waals surface area contributed by atoms with Gasteiger partial charge in [-0.05, 0) is 24.6 Å². The average Bonchev–Trinajstić information content (AvgIpc) is 3.02. The molecule has 0 radical (unpaired) electrons. The Balaban J connectivity index is 1.60. The third kappa shape index (κ3) is 3.52. The van der Waals surface area contributed by atoms with Crippen molar-refractivity contribution in [1.82, 2.24) is 9.88 Å². The highest BCUT2D eigenvalue weighted by Gasteiger charge is 2.25. The number of methoxy groups -OCH3 is 1. The highest BCUT2D eigenvalue weighted by molar-refractivity contribution is 5.77. The van der Waals surface area contributed by atoms with Gasteiger partial charge in [-0.3, -0.25) is 4.79 Å². The van der Waals surface area contributed by atoms with Gasteiger partial charge in [-0.1, -0.05) is 6.07 Å². The molecule has 0 saturated carbocycles. The number of amides is 1. The van der Waals surface area contributed by atoms with E-state index in [0.29, 0.717) is 45.2 Å². The summed E-state index contributed by atoms with van der Waals surface area (Å²) in [4.78, 5) is 20.8. The summed E-state index contributed by atoms with van der Waals surface area (Å²) in [6, 6.07) is 6.59. The van der Waals surface area contributed by atoms with E-state index in [-0.39, 0.29) is 12.0 Å². The fourth-order valence-electron chi connectivity index (χ4n) is 2.89. The highest BCUT2D eigenvalue weighted by atomic mass is 16.5. The van der Waals surface area contributed by atoms with Crippen LogP contribution in [-0.2, 0) is 9.53 Å². The standard InChI is InChI=1S/C17H24N4O3/c1-12-3-4-15-14(9-12)19-17(24-15)21-7-5-20(6-8-21)16(22)10-13(11-18)23-2/h3-4,9,13H,5-8,10-11,18H2,1-2H3. The maximum Gasteiger partial charge on any atom is 0.298 e. The van der Waals surface area contributed by atoms with Crippen molar-refractivity contribution < 1.29 is 13.9 Å². The van der Waals surface area contributed by atoms with Crippen LogP contribution >= 0.6 is 0 Å². The minimum Gasteiger partial charge on any atom is -0.423 e. The molecule has 130 valence electrons. The topological polar surface area (TPSA) is 84.8 Å². The highest BCUT2D eigenvalue weighted by Crippen LogP contribution is 2.23. The van der Waals surface area contributed by atoms with Crippen molar-refractivity contribution in [1.29, 1.82) is 0 Å². The number of carbonyl (C=O) groups excluding carboxylic acids is 1. The second kappa shape index (κ2) is 7.19. The van der Waals surface area contributed by atoms with Gasteiger partial charge in [0, 0.05) is 39.8 Å². The van der Waals surface area contributed by atoms with Crippen LogP contribution in [0.5, 0.6) is 0 Å². The van der Waals surface area contributed by atoms with Crippen LogP contribution in [-0.4, -0.2) is 61.7 Å². The number of carbonyl (C=O) groups is 1. The number of oxazole rings is 1. The maximum absolute atomic E-state index is 12.3. The van der Waals surface area contributed by atoms with Crippen LogP contribution < -0.4 is 10.6 Å². The van der Waals surface area contributed by atoms with E-state index in [1.807, 2.05) is 30.0 Å². The van der Waals surface area contributed by atoms with Crippen LogP contribution in [0.1, 0.15) is 12.0 Å². The summed E-state index contributed by atoms with van der Waals surface area (Å²) in [6.07, 6.45) is 0.116. The van der Waals surface area contributed by atoms with Crippen LogP contribution in [0.25, 0.3) is 11.1 Å². The second-order valence-corrected chi connectivity index (χ2v) is 6.13. The lowest BCUT2D eigenvalue weighted by molar-refractivity contribution is -0.133. The molecule has 2 aromatic rings. The van der Waals surface area contributed by atoms with Crippen LogP contribution in [0.4, 0.5) is 6.01 Å². The Morgan fingerprint density at radius 1 is 1.38 bits per heavy atom. The molecular weight excluding hydrogens is 308 g/mol. The number of rotatable bonds is 5. The molecule has 1 unspecified atom stereocenters. The minimum atomic E-state index is -0.212. The third-order valence-corrected chi connectivity index (χ3v) is 4.43. The van der Waals surface area contributed by atoms with Crippen LogP contribution in [0.15, 0.2) is 22.6 Å². The van der Waals surface area contributed by atoms with Crippen LogP contribution in [0, 0.1) is 6.92 Å². The first-order valence-corrected chi connectivity index (χ1v) is 8.23. The molecule has 24 heavy (non-hydrogen) atoms. The summed E-state index contributed by atoms with van der Waals surface area (Å²) in [7, 11) is 1.58. The van der Waals surface area contributed by atoms with Gasteiger partial charge in [-0.25, -0.2) is 0 Å². The second-order valence-electron chi connectivity index (χ2n) is 6.13. The van der Waals surface area contributed by atoms with Crippen LogP contribution in [0.2, 0.25) is 0 Å². The lowest BCUT2D eigenvalue weighted by atomic mass is 10.2. The Kier molecular flexibility index (Phi) is 5.01. The molecule has 1 aliphatic rings. The van der Waals surface area contributed by atoms with E-state index in [1.165, 1.54) is 0 Å². The summed E-state index contributed by atoms with van der Waals surface area (Å²) < 4.78 is 11.0. The molecule has 2 N–H and O–H groups in total. The first kappa shape index (κ1) is 16.7. The number of piperazine rings is 1. The molecule has 1 atom stereocenters. The smallest absolute Gasteiger partial charge is 0.298 e. The molecular formula is C17H24N4O3. The Hall–Kier alpha value is -2.12. The number of fused-ring (bicyclic) bond motifs is 1. The minimum absolute atomic E-state index is 0.0835. The number of ether oxygens (including phenoxy) is 1. The molecule has 1 fully saturated rings. The molecule has 0 bridgehead atoms. The van der Waals surface area contributed by atoms with E-state index in [2.05, 4.69) is 9.88 Å². The zero-order valence-electron chi connectivity index (χ0n) is 14.2. The monoisotopic (exact) mass is 332 g/mol. The molecule has 1 amide bonds. The summed E-state index contributed by atoms with van der Waals surface area (Å²) in [5.74, 6) is 0.0835. The first-order valence-electron chi connectivity index (χ1n) is 8.23. The molecule has 1 saturated heterocycles. The van der Waals surface area contributed by atoms with Gasteiger partial charge in [0.25, 0.3) is 6.01 Å². The van der Waals surface area contributed by atoms with Crippen molar-refractivity contribution in [2.24, 2.45) is 5.73 Å². The fraction of sp³-hybridized carbons (Fsp3) is 0.529. The normalized spacial score (nSPS) is 16.6. The Bertz CT molecular complexity index is 703. The van der Waals surface area contributed by atoms with Gasteiger partial charge in [0.1, 0.15) is 5.52 Å². The van der Waals surface area contributed by atoms with Crippen molar-refractivity contribution in [3.8, 4) is 0 Å². The van der Waals surface area contributed by atoms with Gasteiger partial charge in [0.15, 0.2) is 5.58 Å². The van der Waals surface area contributed by atoms with Gasteiger partial charge >= 0.3 is 0 Å². The summed E-state index contributed by atoms with van der Waals surface area (Å²) in [5.41, 5.74) is 8.40. The molecule has 0 spiro atoms. The number of anilines is 1. The number of aryl methyl sites for hydroxylation is 1. The molecule has 7 heteroatoms. The third-order valence-electron chi connectivity index (χ3n) is 4.43. The van der Waals surface area contributed by atoms with Gasteiger partial charge in [-0.2, -0.15) is 4.98 Å². The Morgan fingerprint density at radius 2 is 2.12 bits per heavy atom. The molecule has 1 aromatic carbocycles. The van der Waals surface area contributed by atoms with E-state index < -0.39 is 0 Å². The van der Waals surface area contributed by atoms with E-state index in [1.54, 1.807) is 7.11 Å². The largest absolute Gasteiger partial charge is 0.423 e. The van der Waals surface area contributed by atoms with Gasteiger partial charge in [0.2, 0.25) is 5.91 Å². The Labute approximate surface area is 141 Å². The van der Waals surface area contributed by atoms with Gasteiger partial charge in [-0.15, -0.1) is 0 Å². The lowest BCUT2D eigenvalue weighted by Crippen LogP contribution is -2.49. The fourth-order valence-corrected chi connectivity index (χ4v) is 2.89. The predicted molar refractivity (Wildman–Crippen MR) is 92.0 cm³/mol.